The molecule has 0 saturated heterocycles. The Balaban J connectivity index is 3.32. The molecule has 2 nitrogen and oxygen atoms in total. The first-order valence-electron chi connectivity index (χ1n) is 3.29. The second-order valence-corrected chi connectivity index (χ2v) is 3.13. The van der Waals surface area contributed by atoms with Crippen LogP contribution in [0, 0.1) is 6.92 Å². The van der Waals surface area contributed by atoms with Gasteiger partial charge in [-0.05, 0) is 24.6 Å². The molecule has 0 saturated carbocycles. The van der Waals surface area contributed by atoms with Gasteiger partial charge in [0.05, 0.1) is 6.21 Å². The third-order valence-electron chi connectivity index (χ3n) is 1.58. The van der Waals surface area contributed by atoms with Crippen molar-refractivity contribution in [1.29, 1.82) is 0 Å². The van der Waals surface area contributed by atoms with Crippen LogP contribution < -0.4 is 0 Å². The average molecular weight is 204 g/mol. The zero-order valence-corrected chi connectivity index (χ0v) is 7.89. The van der Waals surface area contributed by atoms with Gasteiger partial charge in [0.1, 0.15) is 0 Å². The smallest absolute Gasteiger partial charge is 0.0752 e. The first-order chi connectivity index (χ1) is 5.66. The third kappa shape index (κ3) is 1.71. The van der Waals surface area contributed by atoms with Crippen molar-refractivity contribution in [2.45, 2.75) is 6.92 Å². The summed E-state index contributed by atoms with van der Waals surface area (Å²) in [5.74, 6) is 0. The summed E-state index contributed by atoms with van der Waals surface area (Å²) < 4.78 is 0. The van der Waals surface area contributed by atoms with Crippen molar-refractivity contribution in [2.75, 3.05) is 0 Å². The SMILES string of the molecule is Cc1c(Cl)ccc(Cl)c1/C=N\O. The lowest BCUT2D eigenvalue weighted by Crippen LogP contribution is -1.89. The van der Waals surface area contributed by atoms with Gasteiger partial charge in [-0.15, -0.1) is 0 Å². The molecule has 0 atom stereocenters. The second kappa shape index (κ2) is 3.78. The highest BCUT2D eigenvalue weighted by Gasteiger charge is 2.04. The molecule has 12 heavy (non-hydrogen) atoms. The summed E-state index contributed by atoms with van der Waals surface area (Å²) in [6, 6.07) is 3.36. The molecule has 0 spiro atoms. The van der Waals surface area contributed by atoms with Crippen LogP contribution in [-0.4, -0.2) is 11.4 Å². The van der Waals surface area contributed by atoms with Crippen molar-refractivity contribution in [1.82, 2.24) is 0 Å². The Morgan fingerprint density at radius 1 is 1.33 bits per heavy atom. The van der Waals surface area contributed by atoms with Crippen LogP contribution in [0.15, 0.2) is 17.3 Å². The van der Waals surface area contributed by atoms with Crippen molar-refractivity contribution in [2.24, 2.45) is 5.16 Å². The fourth-order valence-corrected chi connectivity index (χ4v) is 1.30. The number of hydrogen-bond acceptors (Lipinski definition) is 2. The van der Waals surface area contributed by atoms with E-state index in [4.69, 9.17) is 28.4 Å². The Bertz CT molecular complexity index is 323. The van der Waals surface area contributed by atoms with Crippen LogP contribution in [0.4, 0.5) is 0 Å². The molecule has 0 aromatic heterocycles. The highest BCUT2D eigenvalue weighted by molar-refractivity contribution is 6.35. The van der Waals surface area contributed by atoms with Crippen LogP contribution in [-0.2, 0) is 0 Å². The van der Waals surface area contributed by atoms with Crippen LogP contribution in [0.5, 0.6) is 0 Å². The monoisotopic (exact) mass is 203 g/mol. The molecular formula is C8H7Cl2NO. The van der Waals surface area contributed by atoms with Gasteiger partial charge in [-0.2, -0.15) is 0 Å². The van der Waals surface area contributed by atoms with Crippen molar-refractivity contribution >= 4 is 29.4 Å². The van der Waals surface area contributed by atoms with Gasteiger partial charge >= 0.3 is 0 Å². The van der Waals surface area contributed by atoms with Gasteiger partial charge in [-0.25, -0.2) is 0 Å². The fraction of sp³-hybridized carbons (Fsp3) is 0.125. The number of rotatable bonds is 1. The number of benzene rings is 1. The van der Waals surface area contributed by atoms with Crippen LogP contribution in [0.3, 0.4) is 0 Å². The number of hydrogen-bond donors (Lipinski definition) is 1. The predicted molar refractivity (Wildman–Crippen MR) is 50.6 cm³/mol. The Morgan fingerprint density at radius 3 is 2.50 bits per heavy atom. The van der Waals surface area contributed by atoms with Crippen LogP contribution in [0.25, 0.3) is 0 Å². The fourth-order valence-electron chi connectivity index (χ4n) is 0.885. The molecule has 1 aromatic rings. The maximum atomic E-state index is 8.33. The molecule has 0 fully saturated rings. The van der Waals surface area contributed by atoms with E-state index in [1.165, 1.54) is 6.21 Å². The molecule has 0 aliphatic rings. The molecule has 0 radical (unpaired) electrons. The van der Waals surface area contributed by atoms with Crippen LogP contribution >= 0.6 is 23.2 Å². The Kier molecular flexibility index (Phi) is 2.95. The third-order valence-corrected chi connectivity index (χ3v) is 2.32. The molecule has 4 heteroatoms. The minimum atomic E-state index is 0.523. The summed E-state index contributed by atoms with van der Waals surface area (Å²) in [5.41, 5.74) is 1.45. The second-order valence-electron chi connectivity index (χ2n) is 2.31. The van der Waals surface area contributed by atoms with Gasteiger partial charge in [0, 0.05) is 15.6 Å². The Labute approximate surface area is 80.4 Å². The number of nitrogens with zero attached hydrogens (tertiary/aromatic N) is 1. The number of oxime groups is 1. The van der Waals surface area contributed by atoms with Crippen LogP contribution in [0.2, 0.25) is 10.0 Å². The summed E-state index contributed by atoms with van der Waals surface area (Å²) in [4.78, 5) is 0. The first kappa shape index (κ1) is 9.36. The highest BCUT2D eigenvalue weighted by atomic mass is 35.5. The van der Waals surface area contributed by atoms with Crippen molar-refractivity contribution in [3.8, 4) is 0 Å². The molecule has 0 unspecified atom stereocenters. The van der Waals surface area contributed by atoms with Gasteiger partial charge < -0.3 is 5.21 Å². The van der Waals surface area contributed by atoms with Crippen molar-refractivity contribution in [3.63, 3.8) is 0 Å². The van der Waals surface area contributed by atoms with Gasteiger partial charge in [0.2, 0.25) is 0 Å². The maximum absolute atomic E-state index is 8.33. The van der Waals surface area contributed by atoms with Crippen molar-refractivity contribution < 1.29 is 5.21 Å². The lowest BCUT2D eigenvalue weighted by molar-refractivity contribution is 0.322. The molecule has 0 aliphatic heterocycles. The van der Waals surface area contributed by atoms with E-state index in [0.717, 1.165) is 5.56 Å². The van der Waals surface area contributed by atoms with E-state index < -0.39 is 0 Å². The average Bonchev–Trinajstić information content (AvgIpc) is 2.06. The zero-order valence-electron chi connectivity index (χ0n) is 6.38. The quantitative estimate of drug-likeness (QED) is 0.425. The predicted octanol–water partition coefficient (Wildman–Crippen LogP) is 3.11. The first-order valence-corrected chi connectivity index (χ1v) is 4.04. The summed E-state index contributed by atoms with van der Waals surface area (Å²) in [7, 11) is 0. The molecule has 0 aliphatic carbocycles. The molecule has 64 valence electrons. The van der Waals surface area contributed by atoms with Gasteiger partial charge in [0.15, 0.2) is 0 Å². The summed E-state index contributed by atoms with van der Waals surface area (Å²) in [5, 5.41) is 12.4. The summed E-state index contributed by atoms with van der Waals surface area (Å²) in [6.45, 7) is 1.81. The maximum Gasteiger partial charge on any atom is 0.0752 e. The topological polar surface area (TPSA) is 32.6 Å². The summed E-state index contributed by atoms with van der Waals surface area (Å²) >= 11 is 11.6. The van der Waals surface area contributed by atoms with Gasteiger partial charge in [0.25, 0.3) is 0 Å². The normalized spacial score (nSPS) is 10.9. The lowest BCUT2D eigenvalue weighted by Gasteiger charge is -2.03. The molecule has 1 aromatic carbocycles. The molecule has 1 N–H and O–H groups in total. The van der Waals surface area contributed by atoms with Gasteiger partial charge in [-0.1, -0.05) is 28.4 Å². The Hall–Kier alpha value is -0.730. The molecule has 0 amide bonds. The van der Waals surface area contributed by atoms with E-state index in [1.807, 2.05) is 6.92 Å². The largest absolute Gasteiger partial charge is 0.411 e. The van der Waals surface area contributed by atoms with Gasteiger partial charge in [-0.3, -0.25) is 0 Å². The van der Waals surface area contributed by atoms with E-state index >= 15 is 0 Å². The molecular weight excluding hydrogens is 197 g/mol. The molecule has 0 heterocycles. The van der Waals surface area contributed by atoms with E-state index in [9.17, 15) is 0 Å². The lowest BCUT2D eigenvalue weighted by atomic mass is 10.1. The summed E-state index contributed by atoms with van der Waals surface area (Å²) in [6.07, 6.45) is 1.27. The van der Waals surface area contributed by atoms with E-state index in [-0.39, 0.29) is 0 Å². The minimum absolute atomic E-state index is 0.523. The van der Waals surface area contributed by atoms with E-state index in [1.54, 1.807) is 12.1 Å². The molecule has 0 bridgehead atoms. The zero-order chi connectivity index (χ0) is 9.14. The standard InChI is InChI=1S/C8H7Cl2NO/c1-5-6(4-11-12)8(10)3-2-7(5)9/h2-4,12H,1H3/b11-4-. The highest BCUT2D eigenvalue weighted by Crippen LogP contribution is 2.24. The number of halogens is 2. The van der Waals surface area contributed by atoms with E-state index in [0.29, 0.717) is 15.6 Å². The molecule has 1 rings (SSSR count). The Morgan fingerprint density at radius 2 is 1.92 bits per heavy atom. The minimum Gasteiger partial charge on any atom is -0.411 e. The van der Waals surface area contributed by atoms with E-state index in [2.05, 4.69) is 5.16 Å². The van der Waals surface area contributed by atoms with Crippen molar-refractivity contribution in [3.05, 3.63) is 33.3 Å². The van der Waals surface area contributed by atoms with Crippen LogP contribution in [0.1, 0.15) is 11.1 Å².